The van der Waals surface area contributed by atoms with Gasteiger partial charge in [-0.3, -0.25) is 14.6 Å². The van der Waals surface area contributed by atoms with Crippen molar-refractivity contribution in [1.29, 1.82) is 0 Å². The van der Waals surface area contributed by atoms with Crippen molar-refractivity contribution in [2.75, 3.05) is 6.54 Å². The highest BCUT2D eigenvalue weighted by Crippen LogP contribution is 2.18. The quantitative estimate of drug-likeness (QED) is 0.851. The molecule has 0 spiro atoms. The SMILES string of the molecule is C[C@H](NC(=O)c1ccc2ncccc2n1)C(=O)N1CCC[C@@H]1C(=O)O. The van der Waals surface area contributed by atoms with Gasteiger partial charge in [0.2, 0.25) is 5.91 Å². The highest BCUT2D eigenvalue weighted by molar-refractivity contribution is 5.98. The maximum absolute atomic E-state index is 12.5. The monoisotopic (exact) mass is 342 g/mol. The van der Waals surface area contributed by atoms with E-state index in [1.807, 2.05) is 0 Å². The maximum atomic E-state index is 12.5. The summed E-state index contributed by atoms with van der Waals surface area (Å²) in [6.45, 7) is 1.93. The molecule has 130 valence electrons. The molecule has 2 aromatic rings. The predicted octanol–water partition coefficient (Wildman–Crippen LogP) is 0.824. The van der Waals surface area contributed by atoms with Gasteiger partial charge in [0, 0.05) is 12.7 Å². The molecule has 0 radical (unpaired) electrons. The highest BCUT2D eigenvalue weighted by Gasteiger charge is 2.36. The number of rotatable bonds is 4. The molecule has 2 atom stereocenters. The van der Waals surface area contributed by atoms with E-state index in [0.29, 0.717) is 30.4 Å². The number of carboxylic acids is 1. The van der Waals surface area contributed by atoms with Crippen molar-refractivity contribution in [1.82, 2.24) is 20.2 Å². The molecule has 1 aliphatic heterocycles. The third-order valence-electron chi connectivity index (χ3n) is 4.23. The van der Waals surface area contributed by atoms with Gasteiger partial charge in [-0.2, -0.15) is 0 Å². The number of fused-ring (bicyclic) bond motifs is 1. The Bertz CT molecular complexity index is 838. The number of carboxylic acid groups (broad SMARTS) is 1. The van der Waals surface area contributed by atoms with Crippen molar-refractivity contribution >= 4 is 28.8 Å². The van der Waals surface area contributed by atoms with Crippen LogP contribution in [0.4, 0.5) is 0 Å². The van der Waals surface area contributed by atoms with Gasteiger partial charge in [0.25, 0.3) is 5.91 Å². The summed E-state index contributed by atoms with van der Waals surface area (Å²) in [7, 11) is 0. The second kappa shape index (κ2) is 6.84. The first kappa shape index (κ1) is 16.8. The molecule has 8 heteroatoms. The molecule has 0 saturated carbocycles. The van der Waals surface area contributed by atoms with E-state index in [0.717, 1.165) is 0 Å². The zero-order chi connectivity index (χ0) is 18.0. The summed E-state index contributed by atoms with van der Waals surface area (Å²) >= 11 is 0. The third kappa shape index (κ3) is 3.42. The number of aromatic nitrogens is 2. The molecule has 2 N–H and O–H groups in total. The van der Waals surface area contributed by atoms with Crippen LogP contribution >= 0.6 is 0 Å². The number of hydrogen-bond donors (Lipinski definition) is 2. The van der Waals surface area contributed by atoms with E-state index in [1.165, 1.54) is 11.0 Å². The van der Waals surface area contributed by atoms with E-state index >= 15 is 0 Å². The van der Waals surface area contributed by atoms with E-state index < -0.39 is 29.9 Å². The number of carbonyl (C=O) groups is 3. The zero-order valence-corrected chi connectivity index (χ0v) is 13.7. The average molecular weight is 342 g/mol. The first-order valence-corrected chi connectivity index (χ1v) is 8.03. The van der Waals surface area contributed by atoms with Gasteiger partial charge in [0.15, 0.2) is 0 Å². The molecular weight excluding hydrogens is 324 g/mol. The Morgan fingerprint density at radius 1 is 1.28 bits per heavy atom. The lowest BCUT2D eigenvalue weighted by Gasteiger charge is -2.25. The number of likely N-dealkylation sites (tertiary alicyclic amines) is 1. The van der Waals surface area contributed by atoms with Gasteiger partial charge in [0.1, 0.15) is 17.8 Å². The molecule has 0 aliphatic carbocycles. The van der Waals surface area contributed by atoms with Gasteiger partial charge in [-0.1, -0.05) is 0 Å². The van der Waals surface area contributed by atoms with Crippen molar-refractivity contribution < 1.29 is 19.5 Å². The minimum atomic E-state index is -1.02. The van der Waals surface area contributed by atoms with Crippen molar-refractivity contribution in [3.8, 4) is 0 Å². The first-order valence-electron chi connectivity index (χ1n) is 8.03. The normalized spacial score (nSPS) is 18.1. The molecule has 0 bridgehead atoms. The molecule has 1 fully saturated rings. The maximum Gasteiger partial charge on any atom is 0.326 e. The second-order valence-corrected chi connectivity index (χ2v) is 5.96. The molecular formula is C17H18N4O4. The minimum absolute atomic E-state index is 0.177. The van der Waals surface area contributed by atoms with Gasteiger partial charge < -0.3 is 15.3 Å². The summed E-state index contributed by atoms with van der Waals surface area (Å²) in [5, 5.41) is 11.8. The Balaban J connectivity index is 1.70. The first-order chi connectivity index (χ1) is 12.0. The molecule has 8 nitrogen and oxygen atoms in total. The van der Waals surface area contributed by atoms with Crippen LogP contribution in [-0.4, -0.2) is 56.4 Å². The van der Waals surface area contributed by atoms with Crippen LogP contribution in [0.3, 0.4) is 0 Å². The van der Waals surface area contributed by atoms with Gasteiger partial charge in [-0.05, 0) is 44.0 Å². The van der Waals surface area contributed by atoms with Crippen molar-refractivity contribution in [3.05, 3.63) is 36.2 Å². The fourth-order valence-corrected chi connectivity index (χ4v) is 2.95. The number of carbonyl (C=O) groups excluding carboxylic acids is 2. The molecule has 2 amide bonds. The van der Waals surface area contributed by atoms with Crippen LogP contribution < -0.4 is 5.32 Å². The van der Waals surface area contributed by atoms with Crippen LogP contribution in [0.2, 0.25) is 0 Å². The Morgan fingerprint density at radius 3 is 2.84 bits per heavy atom. The molecule has 25 heavy (non-hydrogen) atoms. The molecule has 0 aromatic carbocycles. The van der Waals surface area contributed by atoms with Gasteiger partial charge >= 0.3 is 5.97 Å². The lowest BCUT2D eigenvalue weighted by molar-refractivity contribution is -0.148. The number of nitrogens with one attached hydrogen (secondary N) is 1. The number of aliphatic carboxylic acids is 1. The molecule has 1 saturated heterocycles. The van der Waals surface area contributed by atoms with E-state index in [-0.39, 0.29) is 5.69 Å². The molecule has 2 aromatic heterocycles. The lowest BCUT2D eigenvalue weighted by atomic mass is 10.2. The van der Waals surface area contributed by atoms with Gasteiger partial charge in [-0.25, -0.2) is 9.78 Å². The van der Waals surface area contributed by atoms with Crippen LogP contribution in [0, 0.1) is 0 Å². The average Bonchev–Trinajstić information content (AvgIpc) is 3.10. The van der Waals surface area contributed by atoms with Crippen molar-refractivity contribution in [2.45, 2.75) is 31.8 Å². The Kier molecular flexibility index (Phi) is 4.60. The molecule has 3 rings (SSSR count). The second-order valence-electron chi connectivity index (χ2n) is 5.96. The van der Waals surface area contributed by atoms with Crippen LogP contribution in [0.15, 0.2) is 30.5 Å². The Hall–Kier alpha value is -3.03. The Labute approximate surface area is 143 Å². The summed E-state index contributed by atoms with van der Waals surface area (Å²) in [5.41, 5.74) is 1.43. The molecule has 0 unspecified atom stereocenters. The van der Waals surface area contributed by atoms with E-state index in [9.17, 15) is 19.5 Å². The van der Waals surface area contributed by atoms with Crippen LogP contribution in [0.1, 0.15) is 30.3 Å². The van der Waals surface area contributed by atoms with Gasteiger partial charge in [0.05, 0.1) is 11.0 Å². The number of hydrogen-bond acceptors (Lipinski definition) is 5. The fraction of sp³-hybridized carbons (Fsp3) is 0.353. The van der Waals surface area contributed by atoms with Crippen LogP contribution in [0.25, 0.3) is 11.0 Å². The summed E-state index contributed by atoms with van der Waals surface area (Å²) in [6.07, 6.45) is 2.71. The third-order valence-corrected chi connectivity index (χ3v) is 4.23. The largest absolute Gasteiger partial charge is 0.480 e. The summed E-state index contributed by atoms with van der Waals surface area (Å²) < 4.78 is 0. The highest BCUT2D eigenvalue weighted by atomic mass is 16.4. The smallest absolute Gasteiger partial charge is 0.326 e. The minimum Gasteiger partial charge on any atom is -0.480 e. The summed E-state index contributed by atoms with van der Waals surface area (Å²) in [5.74, 6) is -1.91. The van der Waals surface area contributed by atoms with Crippen molar-refractivity contribution in [2.24, 2.45) is 0 Å². The van der Waals surface area contributed by atoms with Crippen LogP contribution in [-0.2, 0) is 9.59 Å². The number of nitrogens with zero attached hydrogens (tertiary/aromatic N) is 3. The summed E-state index contributed by atoms with van der Waals surface area (Å²) in [4.78, 5) is 45.7. The van der Waals surface area contributed by atoms with Gasteiger partial charge in [-0.15, -0.1) is 0 Å². The van der Waals surface area contributed by atoms with E-state index in [2.05, 4.69) is 15.3 Å². The standard InChI is InChI=1S/C17H18N4O4/c1-10(16(23)21-9-3-5-14(21)17(24)25)19-15(22)13-7-6-11-12(20-13)4-2-8-18-11/h2,4,6-8,10,14H,3,5,9H2,1H3,(H,19,22)(H,24,25)/t10-,14+/m0/s1. The summed E-state index contributed by atoms with van der Waals surface area (Å²) in [6, 6.07) is 5.04. The topological polar surface area (TPSA) is 112 Å². The predicted molar refractivity (Wildman–Crippen MR) is 88.8 cm³/mol. The molecule has 1 aliphatic rings. The lowest BCUT2D eigenvalue weighted by Crippen LogP contribution is -2.50. The van der Waals surface area contributed by atoms with E-state index in [1.54, 1.807) is 31.3 Å². The number of amides is 2. The van der Waals surface area contributed by atoms with Crippen molar-refractivity contribution in [3.63, 3.8) is 0 Å². The van der Waals surface area contributed by atoms with Crippen LogP contribution in [0.5, 0.6) is 0 Å². The zero-order valence-electron chi connectivity index (χ0n) is 13.7. The molecule has 3 heterocycles. The van der Waals surface area contributed by atoms with E-state index in [4.69, 9.17) is 0 Å². The fourth-order valence-electron chi connectivity index (χ4n) is 2.95. The Morgan fingerprint density at radius 2 is 2.08 bits per heavy atom. The number of pyridine rings is 2.